The lowest BCUT2D eigenvalue weighted by atomic mass is 9.90. The van der Waals surface area contributed by atoms with Crippen molar-refractivity contribution in [3.05, 3.63) is 29.3 Å². The van der Waals surface area contributed by atoms with Crippen molar-refractivity contribution < 1.29 is 9.53 Å². The molecule has 0 aliphatic carbocycles. The van der Waals surface area contributed by atoms with Gasteiger partial charge in [-0.3, -0.25) is 9.69 Å². The lowest BCUT2D eigenvalue weighted by Gasteiger charge is -2.32. The van der Waals surface area contributed by atoms with Gasteiger partial charge in [-0.15, -0.1) is 0 Å². The van der Waals surface area contributed by atoms with Crippen LogP contribution in [0.5, 0.6) is 0 Å². The number of anilines is 1. The lowest BCUT2D eigenvalue weighted by Crippen LogP contribution is -2.38. The first-order valence-electron chi connectivity index (χ1n) is 10.1. The summed E-state index contributed by atoms with van der Waals surface area (Å²) in [5.41, 5.74) is 3.70. The first kappa shape index (κ1) is 19.6. The number of nitrogens with zero attached hydrogens (tertiary/aromatic N) is 1. The van der Waals surface area contributed by atoms with Crippen molar-refractivity contribution in [2.24, 2.45) is 5.92 Å². The van der Waals surface area contributed by atoms with Crippen LogP contribution in [0, 0.1) is 5.92 Å². The minimum Gasteiger partial charge on any atom is -0.361 e. The summed E-state index contributed by atoms with van der Waals surface area (Å²) < 4.78 is 5.86. The molecule has 0 saturated carbocycles. The Hall–Kier alpha value is -1.17. The third-order valence-electron chi connectivity index (χ3n) is 5.58. The topological polar surface area (TPSA) is 41.6 Å². The second kappa shape index (κ2) is 8.24. The summed E-state index contributed by atoms with van der Waals surface area (Å²) in [7, 11) is -1.10. The Morgan fingerprint density at radius 3 is 2.73 bits per heavy atom. The maximum atomic E-state index is 12.4. The van der Waals surface area contributed by atoms with Crippen molar-refractivity contribution in [2.45, 2.75) is 64.3 Å². The van der Waals surface area contributed by atoms with Gasteiger partial charge in [0.05, 0.1) is 0 Å². The summed E-state index contributed by atoms with van der Waals surface area (Å²) in [6.07, 6.45) is 3.91. The summed E-state index contributed by atoms with van der Waals surface area (Å²) in [5, 5.41) is 3.67. The molecule has 1 N–H and O–H groups in total. The average molecular weight is 375 g/mol. The number of carbonyl (C=O) groups is 1. The van der Waals surface area contributed by atoms with Gasteiger partial charge in [0.2, 0.25) is 5.91 Å². The Labute approximate surface area is 159 Å². The van der Waals surface area contributed by atoms with E-state index in [9.17, 15) is 4.79 Å². The van der Waals surface area contributed by atoms with Gasteiger partial charge in [-0.1, -0.05) is 38.7 Å². The van der Waals surface area contributed by atoms with Crippen LogP contribution in [0.4, 0.5) is 5.69 Å². The van der Waals surface area contributed by atoms with Crippen LogP contribution in [0.25, 0.3) is 0 Å². The van der Waals surface area contributed by atoms with Crippen molar-refractivity contribution in [1.29, 1.82) is 0 Å². The van der Waals surface area contributed by atoms with Gasteiger partial charge in [-0.05, 0) is 55.0 Å². The van der Waals surface area contributed by atoms with Gasteiger partial charge in [0.1, 0.15) is 6.73 Å². The first-order valence-corrected chi connectivity index (χ1v) is 13.8. The van der Waals surface area contributed by atoms with E-state index in [1.807, 2.05) is 4.90 Å². The van der Waals surface area contributed by atoms with Gasteiger partial charge < -0.3 is 10.1 Å². The lowest BCUT2D eigenvalue weighted by molar-refractivity contribution is -0.120. The molecule has 2 aliphatic rings. The number of hydrogen-bond donors (Lipinski definition) is 1. The van der Waals surface area contributed by atoms with E-state index in [2.05, 4.69) is 50.1 Å². The fourth-order valence-corrected chi connectivity index (χ4v) is 4.51. The number of piperidine rings is 1. The van der Waals surface area contributed by atoms with Crippen LogP contribution >= 0.6 is 0 Å². The van der Waals surface area contributed by atoms with Crippen LogP contribution in [0.2, 0.25) is 25.7 Å². The van der Waals surface area contributed by atoms with Gasteiger partial charge in [0.15, 0.2) is 0 Å². The van der Waals surface area contributed by atoms with Crippen LogP contribution in [0.1, 0.15) is 43.4 Å². The number of fused-ring (bicyclic) bond motifs is 1. The summed E-state index contributed by atoms with van der Waals surface area (Å²) in [6.45, 7) is 11.6. The number of amides is 1. The van der Waals surface area contributed by atoms with Gasteiger partial charge in [0, 0.05) is 32.8 Å². The molecule has 1 aromatic rings. The zero-order valence-electron chi connectivity index (χ0n) is 16.8. The summed E-state index contributed by atoms with van der Waals surface area (Å²) in [5.74, 6) is 0.952. The molecule has 4 nitrogen and oxygen atoms in total. The molecule has 0 radical (unpaired) electrons. The summed E-state index contributed by atoms with van der Waals surface area (Å²) >= 11 is 0. The van der Waals surface area contributed by atoms with E-state index in [1.165, 1.54) is 24.0 Å². The van der Waals surface area contributed by atoms with Gasteiger partial charge in [0.25, 0.3) is 0 Å². The number of nitrogens with one attached hydrogen (secondary N) is 1. The molecule has 0 aromatic heterocycles. The van der Waals surface area contributed by atoms with E-state index >= 15 is 0 Å². The van der Waals surface area contributed by atoms with Gasteiger partial charge >= 0.3 is 0 Å². The van der Waals surface area contributed by atoms with Crippen LogP contribution in [-0.4, -0.2) is 33.9 Å². The number of rotatable bonds is 6. The molecular formula is C21H34N2O2Si. The minimum absolute atomic E-state index is 0.183. The van der Waals surface area contributed by atoms with E-state index in [-0.39, 0.29) is 5.91 Å². The van der Waals surface area contributed by atoms with E-state index in [0.717, 1.165) is 37.2 Å². The zero-order valence-corrected chi connectivity index (χ0v) is 17.8. The van der Waals surface area contributed by atoms with Gasteiger partial charge in [-0.2, -0.15) is 0 Å². The number of hydrogen-bond acceptors (Lipinski definition) is 3. The maximum Gasteiger partial charge on any atom is 0.229 e. The normalized spacial score (nSPS) is 23.8. The highest BCUT2D eigenvalue weighted by atomic mass is 28.3. The molecule has 2 aliphatic heterocycles. The molecule has 1 unspecified atom stereocenters. The van der Waals surface area contributed by atoms with E-state index in [0.29, 0.717) is 19.2 Å². The summed E-state index contributed by atoms with van der Waals surface area (Å²) in [4.78, 5) is 14.2. The average Bonchev–Trinajstić information content (AvgIpc) is 2.59. The molecule has 2 atom stereocenters. The van der Waals surface area contributed by atoms with E-state index < -0.39 is 8.07 Å². The highest BCUT2D eigenvalue weighted by Crippen LogP contribution is 2.33. The fourth-order valence-electron chi connectivity index (χ4n) is 3.76. The number of ether oxygens (including phenoxy) is 1. The molecular weight excluding hydrogens is 340 g/mol. The Morgan fingerprint density at radius 2 is 2.04 bits per heavy atom. The number of carbonyl (C=O) groups excluding carboxylic acids is 1. The second-order valence-electron chi connectivity index (χ2n) is 9.20. The molecule has 0 spiro atoms. The molecule has 1 aromatic carbocycles. The molecule has 144 valence electrons. The molecule has 2 heterocycles. The van der Waals surface area contributed by atoms with Crippen molar-refractivity contribution in [3.63, 3.8) is 0 Å². The van der Waals surface area contributed by atoms with Gasteiger partial charge in [-0.25, -0.2) is 0 Å². The van der Waals surface area contributed by atoms with Crippen molar-refractivity contribution in [2.75, 3.05) is 24.8 Å². The van der Waals surface area contributed by atoms with Crippen molar-refractivity contribution >= 4 is 19.7 Å². The van der Waals surface area contributed by atoms with Crippen LogP contribution < -0.4 is 10.2 Å². The SMILES string of the molecule is C[C@H]1CCC(c2ccc3c(c2)CCC(=O)N3COCC[Si](C)(C)C)NC1. The predicted octanol–water partition coefficient (Wildman–Crippen LogP) is 4.34. The smallest absolute Gasteiger partial charge is 0.229 e. The Bertz CT molecular complexity index is 633. The zero-order chi connectivity index (χ0) is 18.7. The highest BCUT2D eigenvalue weighted by molar-refractivity contribution is 6.76. The Kier molecular flexibility index (Phi) is 6.20. The molecule has 5 heteroatoms. The maximum absolute atomic E-state index is 12.4. The second-order valence-corrected chi connectivity index (χ2v) is 14.8. The molecule has 0 bridgehead atoms. The molecule has 1 amide bonds. The van der Waals surface area contributed by atoms with E-state index in [4.69, 9.17) is 4.74 Å². The van der Waals surface area contributed by atoms with Crippen LogP contribution in [0.15, 0.2) is 18.2 Å². The van der Waals surface area contributed by atoms with Crippen molar-refractivity contribution in [3.8, 4) is 0 Å². The van der Waals surface area contributed by atoms with Crippen molar-refractivity contribution in [1.82, 2.24) is 5.32 Å². The Morgan fingerprint density at radius 1 is 1.23 bits per heavy atom. The third-order valence-corrected chi connectivity index (χ3v) is 7.29. The first-order chi connectivity index (χ1) is 12.3. The van der Waals surface area contributed by atoms with Crippen LogP contribution in [0.3, 0.4) is 0 Å². The molecule has 1 saturated heterocycles. The molecule has 26 heavy (non-hydrogen) atoms. The third kappa shape index (κ3) is 4.96. The monoisotopic (exact) mass is 374 g/mol. The highest BCUT2D eigenvalue weighted by Gasteiger charge is 2.26. The van der Waals surface area contributed by atoms with Crippen LogP contribution in [-0.2, 0) is 16.0 Å². The minimum atomic E-state index is -1.10. The van der Waals surface area contributed by atoms with E-state index in [1.54, 1.807) is 0 Å². The fraction of sp³-hybridized carbons (Fsp3) is 0.667. The standard InChI is InChI=1S/C21H34N2O2Si/c1-16-5-8-19(22-14-16)17-6-9-20-18(13-17)7-10-21(24)23(20)15-25-11-12-26(2,3)4/h6,9,13,16,19,22H,5,7-8,10-12,14-15H2,1-4H3/t16-,19?/m0/s1. The quantitative estimate of drug-likeness (QED) is 0.595. The predicted molar refractivity (Wildman–Crippen MR) is 110 cm³/mol. The Balaban J connectivity index is 1.66. The summed E-state index contributed by atoms with van der Waals surface area (Å²) in [6, 6.07) is 8.22. The number of aryl methyl sites for hydroxylation is 1. The number of benzene rings is 1. The largest absolute Gasteiger partial charge is 0.361 e. The molecule has 1 fully saturated rings. The molecule has 3 rings (SSSR count).